The standard InChI is InChI=1S/C18H20N6O2/c1-10-3-6-15(26-10)13-9-14(21-20-13)18(25)23-7-8-24-17(11(23)2)19-16(22-24)12-4-5-12/h3,6,9,11-12H,4-5,7-8H2,1-2H3,(H,20,21)/t11-/m1/s1. The minimum atomic E-state index is -0.123. The Morgan fingerprint density at radius 2 is 2.15 bits per heavy atom. The van der Waals surface area contributed by atoms with Crippen LogP contribution in [0.3, 0.4) is 0 Å². The van der Waals surface area contributed by atoms with Crippen LogP contribution in [0, 0.1) is 6.92 Å². The molecule has 134 valence electrons. The molecule has 0 unspecified atom stereocenters. The van der Waals surface area contributed by atoms with E-state index in [0.717, 1.165) is 17.4 Å². The molecule has 0 saturated heterocycles. The highest BCUT2D eigenvalue weighted by atomic mass is 16.3. The summed E-state index contributed by atoms with van der Waals surface area (Å²) in [6.07, 6.45) is 2.34. The van der Waals surface area contributed by atoms with Gasteiger partial charge in [-0.25, -0.2) is 9.67 Å². The molecular formula is C18H20N6O2. The van der Waals surface area contributed by atoms with E-state index in [1.165, 1.54) is 12.8 Å². The summed E-state index contributed by atoms with van der Waals surface area (Å²) in [5.74, 6) is 3.69. The number of furan rings is 1. The van der Waals surface area contributed by atoms with Gasteiger partial charge in [-0.2, -0.15) is 10.2 Å². The summed E-state index contributed by atoms with van der Waals surface area (Å²) >= 11 is 0. The van der Waals surface area contributed by atoms with E-state index in [2.05, 4.69) is 15.3 Å². The van der Waals surface area contributed by atoms with E-state index < -0.39 is 0 Å². The number of carbonyl (C=O) groups is 1. The molecule has 1 atom stereocenters. The van der Waals surface area contributed by atoms with E-state index in [1.54, 1.807) is 6.07 Å². The molecular weight excluding hydrogens is 332 g/mol. The average molecular weight is 352 g/mol. The van der Waals surface area contributed by atoms with Crippen LogP contribution in [0.1, 0.15) is 59.6 Å². The summed E-state index contributed by atoms with van der Waals surface area (Å²) in [6.45, 7) is 5.15. The molecule has 4 heterocycles. The number of hydrogen-bond donors (Lipinski definition) is 1. The number of aromatic amines is 1. The smallest absolute Gasteiger partial charge is 0.275 e. The Kier molecular flexibility index (Phi) is 3.28. The highest BCUT2D eigenvalue weighted by Gasteiger charge is 2.35. The Morgan fingerprint density at radius 1 is 1.31 bits per heavy atom. The van der Waals surface area contributed by atoms with Crippen LogP contribution < -0.4 is 0 Å². The third kappa shape index (κ3) is 2.44. The van der Waals surface area contributed by atoms with Gasteiger partial charge in [-0.1, -0.05) is 0 Å². The van der Waals surface area contributed by atoms with Crippen LogP contribution in [-0.2, 0) is 6.54 Å². The second-order valence-electron chi connectivity index (χ2n) is 7.08. The molecule has 3 aromatic heterocycles. The van der Waals surface area contributed by atoms with E-state index in [9.17, 15) is 4.79 Å². The third-order valence-electron chi connectivity index (χ3n) is 5.12. The van der Waals surface area contributed by atoms with Gasteiger partial charge in [0, 0.05) is 18.5 Å². The van der Waals surface area contributed by atoms with Crippen LogP contribution in [0.5, 0.6) is 0 Å². The van der Waals surface area contributed by atoms with E-state index in [0.29, 0.717) is 36.2 Å². The van der Waals surface area contributed by atoms with Crippen molar-refractivity contribution in [3.63, 3.8) is 0 Å². The topological polar surface area (TPSA) is 92.8 Å². The summed E-state index contributed by atoms with van der Waals surface area (Å²) < 4.78 is 7.54. The molecule has 3 aromatic rings. The first-order valence-corrected chi connectivity index (χ1v) is 8.98. The first-order chi connectivity index (χ1) is 12.6. The van der Waals surface area contributed by atoms with Gasteiger partial charge in [-0.15, -0.1) is 0 Å². The zero-order valence-corrected chi connectivity index (χ0v) is 14.8. The Hall–Kier alpha value is -2.90. The van der Waals surface area contributed by atoms with Gasteiger partial charge in [0.25, 0.3) is 5.91 Å². The molecule has 1 amide bonds. The third-order valence-corrected chi connectivity index (χ3v) is 5.12. The van der Waals surface area contributed by atoms with Gasteiger partial charge >= 0.3 is 0 Å². The van der Waals surface area contributed by atoms with Gasteiger partial charge < -0.3 is 9.32 Å². The second kappa shape index (κ2) is 5.55. The Bertz CT molecular complexity index is 980. The van der Waals surface area contributed by atoms with Crippen LogP contribution >= 0.6 is 0 Å². The van der Waals surface area contributed by atoms with Gasteiger partial charge in [0.2, 0.25) is 0 Å². The maximum absolute atomic E-state index is 13.0. The Balaban J connectivity index is 1.39. The van der Waals surface area contributed by atoms with Crippen molar-refractivity contribution in [1.82, 2.24) is 29.9 Å². The minimum absolute atomic E-state index is 0.106. The number of H-pyrrole nitrogens is 1. The van der Waals surface area contributed by atoms with Crippen molar-refractivity contribution >= 4 is 5.91 Å². The predicted molar refractivity (Wildman–Crippen MR) is 92.5 cm³/mol. The molecule has 8 nitrogen and oxygen atoms in total. The lowest BCUT2D eigenvalue weighted by Gasteiger charge is -2.32. The number of aromatic nitrogens is 5. The van der Waals surface area contributed by atoms with Crippen LogP contribution in [0.15, 0.2) is 22.6 Å². The lowest BCUT2D eigenvalue weighted by Crippen LogP contribution is -2.41. The van der Waals surface area contributed by atoms with Crippen molar-refractivity contribution in [2.75, 3.05) is 6.54 Å². The minimum Gasteiger partial charge on any atom is -0.460 e. The van der Waals surface area contributed by atoms with Crippen molar-refractivity contribution in [2.45, 2.75) is 45.2 Å². The number of nitrogens with zero attached hydrogens (tertiary/aromatic N) is 5. The van der Waals surface area contributed by atoms with Crippen LogP contribution in [0.4, 0.5) is 0 Å². The van der Waals surface area contributed by atoms with E-state index in [-0.39, 0.29) is 11.9 Å². The zero-order chi connectivity index (χ0) is 17.8. The van der Waals surface area contributed by atoms with Gasteiger partial charge in [0.1, 0.15) is 17.3 Å². The predicted octanol–water partition coefficient (Wildman–Crippen LogP) is 2.66. The lowest BCUT2D eigenvalue weighted by atomic mass is 10.2. The number of amides is 1. The summed E-state index contributed by atoms with van der Waals surface area (Å²) in [4.78, 5) is 19.5. The molecule has 1 saturated carbocycles. The Labute approximate surface area is 150 Å². The number of rotatable bonds is 3. The fourth-order valence-electron chi connectivity index (χ4n) is 3.46. The summed E-state index contributed by atoms with van der Waals surface area (Å²) in [5.41, 5.74) is 1.08. The number of fused-ring (bicyclic) bond motifs is 1. The molecule has 0 spiro atoms. The number of aryl methyl sites for hydroxylation is 1. The molecule has 1 aliphatic heterocycles. The quantitative estimate of drug-likeness (QED) is 0.782. The summed E-state index contributed by atoms with van der Waals surface area (Å²) in [5, 5.41) is 11.7. The molecule has 26 heavy (non-hydrogen) atoms. The second-order valence-corrected chi connectivity index (χ2v) is 7.08. The molecule has 1 aliphatic carbocycles. The normalized spacial score (nSPS) is 19.6. The lowest BCUT2D eigenvalue weighted by molar-refractivity contribution is 0.0624. The van der Waals surface area contributed by atoms with Crippen molar-refractivity contribution in [3.05, 3.63) is 41.3 Å². The first kappa shape index (κ1) is 15.4. The van der Waals surface area contributed by atoms with Crippen LogP contribution in [0.25, 0.3) is 11.5 Å². The highest BCUT2D eigenvalue weighted by molar-refractivity contribution is 5.93. The number of hydrogen-bond acceptors (Lipinski definition) is 5. The van der Waals surface area contributed by atoms with Crippen LogP contribution in [-0.4, -0.2) is 42.3 Å². The largest absolute Gasteiger partial charge is 0.460 e. The molecule has 0 aromatic carbocycles. The highest BCUT2D eigenvalue weighted by Crippen LogP contribution is 2.39. The summed E-state index contributed by atoms with van der Waals surface area (Å²) in [7, 11) is 0. The number of carbonyl (C=O) groups excluding carboxylic acids is 1. The molecule has 0 radical (unpaired) electrons. The fraction of sp³-hybridized carbons (Fsp3) is 0.444. The molecule has 0 bridgehead atoms. The van der Waals surface area contributed by atoms with E-state index in [4.69, 9.17) is 9.40 Å². The van der Waals surface area contributed by atoms with Crippen molar-refractivity contribution in [1.29, 1.82) is 0 Å². The summed E-state index contributed by atoms with van der Waals surface area (Å²) in [6, 6.07) is 5.36. The zero-order valence-electron chi connectivity index (χ0n) is 14.8. The van der Waals surface area contributed by atoms with Crippen LogP contribution in [0.2, 0.25) is 0 Å². The first-order valence-electron chi connectivity index (χ1n) is 8.98. The number of nitrogens with one attached hydrogen (secondary N) is 1. The fourth-order valence-corrected chi connectivity index (χ4v) is 3.46. The molecule has 1 N–H and O–H groups in total. The molecule has 2 aliphatic rings. The monoisotopic (exact) mass is 352 g/mol. The average Bonchev–Trinajstić information content (AvgIpc) is 3.04. The molecule has 5 rings (SSSR count). The van der Waals surface area contributed by atoms with E-state index >= 15 is 0 Å². The van der Waals surface area contributed by atoms with Gasteiger partial charge in [0.05, 0.1) is 12.6 Å². The molecule has 1 fully saturated rings. The SMILES string of the molecule is Cc1ccc(-c2cc(C(=O)N3CCn4nc(C5CC5)nc4[C@H]3C)n[nH]2)o1. The molecule has 8 heteroatoms. The van der Waals surface area contributed by atoms with E-state index in [1.807, 2.05) is 35.6 Å². The van der Waals surface area contributed by atoms with Crippen molar-refractivity contribution in [3.8, 4) is 11.5 Å². The Morgan fingerprint density at radius 3 is 2.88 bits per heavy atom. The van der Waals surface area contributed by atoms with Gasteiger partial charge in [-0.05, 0) is 38.8 Å². The van der Waals surface area contributed by atoms with Gasteiger partial charge in [0.15, 0.2) is 17.3 Å². The van der Waals surface area contributed by atoms with Crippen molar-refractivity contribution < 1.29 is 9.21 Å². The maximum atomic E-state index is 13.0. The maximum Gasteiger partial charge on any atom is 0.275 e. The van der Waals surface area contributed by atoms with Crippen molar-refractivity contribution in [2.24, 2.45) is 0 Å². The van der Waals surface area contributed by atoms with Gasteiger partial charge in [-0.3, -0.25) is 9.89 Å².